The summed E-state index contributed by atoms with van der Waals surface area (Å²) in [5, 5.41) is 11.6. The molecule has 0 spiro atoms. The number of sulfonamides is 1. The number of hydrogen-bond acceptors (Lipinski definition) is 5. The second kappa shape index (κ2) is 9.75. The van der Waals surface area contributed by atoms with E-state index in [0.29, 0.717) is 12.8 Å². The number of hydrazine groups is 1. The fourth-order valence-corrected chi connectivity index (χ4v) is 6.69. The lowest BCUT2D eigenvalue weighted by Gasteiger charge is -2.32. The molecule has 1 heterocycles. The topological polar surface area (TPSA) is 72.9 Å². The van der Waals surface area contributed by atoms with Gasteiger partial charge in [-0.1, -0.05) is 19.4 Å². The van der Waals surface area contributed by atoms with Gasteiger partial charge < -0.3 is 10.5 Å². The molecule has 0 saturated heterocycles. The van der Waals surface area contributed by atoms with Crippen LogP contribution in [0.2, 0.25) is 0 Å². The summed E-state index contributed by atoms with van der Waals surface area (Å²) < 4.78 is 66.1. The van der Waals surface area contributed by atoms with Crippen molar-refractivity contribution in [2.45, 2.75) is 45.6 Å². The smallest absolute Gasteiger partial charge is 0.265 e. The monoisotopic (exact) mass is 497 g/mol. The Labute approximate surface area is 198 Å². The van der Waals surface area contributed by atoms with Crippen molar-refractivity contribution in [2.24, 2.45) is 11.8 Å². The summed E-state index contributed by atoms with van der Waals surface area (Å²) in [5.41, 5.74) is 8.23. The minimum absolute atomic E-state index is 0.00352. The molecule has 186 valence electrons. The van der Waals surface area contributed by atoms with E-state index in [1.807, 2.05) is 11.2 Å². The molecule has 0 amide bonds. The number of aliphatic hydroxyl groups excluding tert-OH is 1. The molecular formula is C24H30F3N3O3S. The second-order valence-electron chi connectivity index (χ2n) is 9.04. The van der Waals surface area contributed by atoms with Gasteiger partial charge in [0.1, 0.15) is 11.9 Å². The van der Waals surface area contributed by atoms with Gasteiger partial charge in [0.2, 0.25) is 10.0 Å². The van der Waals surface area contributed by atoms with Crippen molar-refractivity contribution in [3.05, 3.63) is 64.8 Å². The Morgan fingerprint density at radius 1 is 1.26 bits per heavy atom. The Bertz CT molecular complexity index is 1120. The maximum Gasteiger partial charge on any atom is 0.265 e. The molecule has 0 fully saturated rings. The van der Waals surface area contributed by atoms with Crippen LogP contribution in [0.15, 0.2) is 59.0 Å². The van der Waals surface area contributed by atoms with Gasteiger partial charge in [0.25, 0.3) is 6.43 Å². The molecule has 0 saturated carbocycles. The number of hydrogen-bond donors (Lipinski definition) is 2. The zero-order chi connectivity index (χ0) is 24.6. The van der Waals surface area contributed by atoms with Crippen molar-refractivity contribution in [3.8, 4) is 0 Å². The molecule has 0 bridgehead atoms. The first-order valence-corrected chi connectivity index (χ1v) is 13.1. The molecule has 1 unspecified atom stereocenters. The number of benzene rings is 1. The molecule has 3 atom stereocenters. The summed E-state index contributed by atoms with van der Waals surface area (Å²) in [6.45, 7) is 3.23. The minimum atomic E-state index is -3.77. The van der Waals surface area contributed by atoms with E-state index >= 15 is 0 Å². The van der Waals surface area contributed by atoms with Crippen molar-refractivity contribution in [3.63, 3.8) is 0 Å². The third kappa shape index (κ3) is 4.76. The number of alkyl halides is 2. The molecular weight excluding hydrogens is 467 g/mol. The fourth-order valence-electron chi connectivity index (χ4n) is 5.13. The normalized spacial score (nSPS) is 23.1. The van der Waals surface area contributed by atoms with Crippen molar-refractivity contribution in [1.29, 1.82) is 0 Å². The number of anilines is 1. The molecule has 0 radical (unpaired) electrons. The molecule has 2 aliphatic carbocycles. The number of nitrogens with zero attached hydrogens (tertiary/aromatic N) is 2. The maximum atomic E-state index is 13.4. The Balaban J connectivity index is 1.60. The van der Waals surface area contributed by atoms with Crippen molar-refractivity contribution < 1.29 is 26.7 Å². The van der Waals surface area contributed by atoms with Gasteiger partial charge in [-0.05, 0) is 61.1 Å². The summed E-state index contributed by atoms with van der Waals surface area (Å²) in [5.74, 6) is -0.593. The highest BCUT2D eigenvalue weighted by molar-refractivity contribution is 7.89. The fraction of sp³-hybridized carbons (Fsp3) is 0.500. The van der Waals surface area contributed by atoms with Crippen LogP contribution in [-0.4, -0.2) is 49.2 Å². The van der Waals surface area contributed by atoms with Gasteiger partial charge >= 0.3 is 0 Å². The average molecular weight is 498 g/mol. The Hall–Kier alpha value is -2.30. The average Bonchev–Trinajstić information content (AvgIpc) is 3.38. The number of aliphatic hydroxyl groups is 1. The van der Waals surface area contributed by atoms with E-state index in [1.54, 1.807) is 19.1 Å². The lowest BCUT2D eigenvalue weighted by Crippen LogP contribution is -2.44. The highest BCUT2D eigenvalue weighted by Crippen LogP contribution is 2.48. The quantitative estimate of drug-likeness (QED) is 0.541. The van der Waals surface area contributed by atoms with Crippen LogP contribution in [0.5, 0.6) is 0 Å². The molecule has 0 aromatic heterocycles. The Morgan fingerprint density at radius 3 is 2.62 bits per heavy atom. The molecule has 4 rings (SSSR count). The van der Waals surface area contributed by atoms with Crippen LogP contribution >= 0.6 is 0 Å². The van der Waals surface area contributed by atoms with Crippen molar-refractivity contribution in [1.82, 2.24) is 9.73 Å². The number of halogens is 3. The van der Waals surface area contributed by atoms with Gasteiger partial charge in [-0.15, -0.1) is 0 Å². The highest BCUT2D eigenvalue weighted by Gasteiger charge is 2.40. The van der Waals surface area contributed by atoms with Crippen LogP contribution in [0.4, 0.5) is 18.9 Å². The first-order chi connectivity index (χ1) is 16.1. The first-order valence-electron chi connectivity index (χ1n) is 11.5. The lowest BCUT2D eigenvalue weighted by atomic mass is 9.80. The first kappa shape index (κ1) is 24.8. The molecule has 1 aromatic carbocycles. The summed E-state index contributed by atoms with van der Waals surface area (Å²) in [4.78, 5) is 0. The van der Waals surface area contributed by atoms with Gasteiger partial charge in [-0.3, -0.25) is 5.01 Å². The SMILES string of the molecule is CCCS(=O)(=O)N(CC(O)C(F)F)C[C@H]1CCC2=C1[C@@H](C)C1=CNN(c3ccc(F)cc3)C1=C2. The maximum absolute atomic E-state index is 13.4. The van der Waals surface area contributed by atoms with Gasteiger partial charge in [-0.2, -0.15) is 4.31 Å². The summed E-state index contributed by atoms with van der Waals surface area (Å²) in [6, 6.07) is 6.18. The van der Waals surface area contributed by atoms with Crippen LogP contribution in [0, 0.1) is 17.7 Å². The zero-order valence-corrected chi connectivity index (χ0v) is 20.0. The van der Waals surface area contributed by atoms with Crippen molar-refractivity contribution >= 4 is 15.7 Å². The Morgan fingerprint density at radius 2 is 1.97 bits per heavy atom. The molecule has 2 N–H and O–H groups in total. The predicted molar refractivity (Wildman–Crippen MR) is 125 cm³/mol. The van der Waals surface area contributed by atoms with Gasteiger partial charge in [-0.25, -0.2) is 21.6 Å². The van der Waals surface area contributed by atoms with E-state index in [4.69, 9.17) is 0 Å². The number of allylic oxidation sites excluding steroid dienone is 3. The standard InChI is InChI=1S/C24H30F3N3O3S/c1-3-10-34(32,33)29(14-22(31)24(26)27)13-17-5-4-16-11-21-20(15(2)23(16)17)12-28-30(21)19-8-6-18(25)7-9-19/h6-9,11-12,15,17,22,24,28,31H,3-5,10,13-14H2,1-2H3/t15-,17+,22?/m0/s1. The van der Waals surface area contributed by atoms with E-state index in [1.165, 1.54) is 12.1 Å². The van der Waals surface area contributed by atoms with E-state index in [2.05, 4.69) is 18.4 Å². The summed E-state index contributed by atoms with van der Waals surface area (Å²) in [7, 11) is -3.77. The van der Waals surface area contributed by atoms with E-state index in [-0.39, 0.29) is 30.0 Å². The molecule has 34 heavy (non-hydrogen) atoms. The lowest BCUT2D eigenvalue weighted by molar-refractivity contribution is -0.0136. The van der Waals surface area contributed by atoms with Crippen LogP contribution in [0.3, 0.4) is 0 Å². The summed E-state index contributed by atoms with van der Waals surface area (Å²) >= 11 is 0. The zero-order valence-electron chi connectivity index (χ0n) is 19.2. The second-order valence-corrected chi connectivity index (χ2v) is 11.1. The van der Waals surface area contributed by atoms with Gasteiger partial charge in [0.05, 0.1) is 17.1 Å². The molecule has 6 nitrogen and oxygen atoms in total. The molecule has 3 aliphatic rings. The van der Waals surface area contributed by atoms with E-state index in [9.17, 15) is 26.7 Å². The van der Waals surface area contributed by atoms with Crippen LogP contribution in [0.1, 0.15) is 33.1 Å². The summed E-state index contributed by atoms with van der Waals surface area (Å²) in [6.07, 6.45) is 0.750. The predicted octanol–water partition coefficient (Wildman–Crippen LogP) is 3.94. The largest absolute Gasteiger partial charge is 0.386 e. The van der Waals surface area contributed by atoms with Crippen LogP contribution in [-0.2, 0) is 10.0 Å². The number of rotatable bonds is 9. The molecule has 10 heteroatoms. The Kier molecular flexibility index (Phi) is 7.12. The van der Waals surface area contributed by atoms with Crippen LogP contribution in [0.25, 0.3) is 0 Å². The third-order valence-corrected chi connectivity index (χ3v) is 8.76. The van der Waals surface area contributed by atoms with Crippen LogP contribution < -0.4 is 10.4 Å². The highest BCUT2D eigenvalue weighted by atomic mass is 32.2. The number of fused-ring (bicyclic) bond motifs is 1. The van der Waals surface area contributed by atoms with E-state index < -0.39 is 29.1 Å². The number of nitrogens with one attached hydrogen (secondary N) is 1. The minimum Gasteiger partial charge on any atom is -0.386 e. The third-order valence-electron chi connectivity index (χ3n) is 6.75. The van der Waals surface area contributed by atoms with Gasteiger partial charge in [0.15, 0.2) is 0 Å². The van der Waals surface area contributed by atoms with E-state index in [0.717, 1.165) is 38.8 Å². The molecule has 1 aliphatic heterocycles. The van der Waals surface area contributed by atoms with Gasteiger partial charge in [0, 0.05) is 30.8 Å². The molecule has 1 aromatic rings. The van der Waals surface area contributed by atoms with Crippen molar-refractivity contribution in [2.75, 3.05) is 23.9 Å².